The third kappa shape index (κ3) is 3.95. The molecule has 3 aromatic rings. The van der Waals surface area contributed by atoms with Crippen molar-refractivity contribution in [3.05, 3.63) is 87.6 Å². The van der Waals surface area contributed by atoms with Gasteiger partial charge in [0.15, 0.2) is 11.6 Å². The van der Waals surface area contributed by atoms with Crippen LogP contribution < -0.4 is 4.72 Å². The number of halogens is 2. The van der Waals surface area contributed by atoms with Crippen molar-refractivity contribution in [1.29, 1.82) is 0 Å². The Hall–Kier alpha value is -2.09. The van der Waals surface area contributed by atoms with Crippen molar-refractivity contribution in [2.75, 3.05) is 0 Å². The molecule has 0 aliphatic rings. The first kappa shape index (κ1) is 17.7. The number of hydrogen-bond donors (Lipinski definition) is 1. The van der Waals surface area contributed by atoms with Crippen LogP contribution in [0.25, 0.3) is 0 Å². The molecule has 1 heterocycles. The summed E-state index contributed by atoms with van der Waals surface area (Å²) in [6.07, 6.45) is 0. The largest absolute Gasteiger partial charge is 0.241 e. The molecule has 0 bridgehead atoms. The van der Waals surface area contributed by atoms with Gasteiger partial charge in [0, 0.05) is 4.88 Å². The normalized spacial score (nSPS) is 12.9. The second-order valence-corrected chi connectivity index (χ2v) is 8.25. The summed E-state index contributed by atoms with van der Waals surface area (Å²) in [6.45, 7) is 1.94. The van der Waals surface area contributed by atoms with Crippen LogP contribution >= 0.6 is 11.3 Å². The molecule has 1 aromatic heterocycles. The minimum absolute atomic E-state index is 0.319. The van der Waals surface area contributed by atoms with E-state index in [1.807, 2.05) is 48.7 Å². The number of nitrogens with one attached hydrogen (secondary N) is 1. The molecule has 130 valence electrons. The molecular weight excluding hydrogens is 364 g/mol. The van der Waals surface area contributed by atoms with Crippen LogP contribution in [0.1, 0.15) is 22.0 Å². The standard InChI is InChI=1S/C18H15F2NO2S2/c1-12-4-6-13(7-5-12)18(17-3-2-10-24-17)21-25(22,23)14-8-9-15(19)16(20)11-14/h2-11,18,21H,1H3/t18-/m0/s1. The van der Waals surface area contributed by atoms with Crippen LogP contribution in [0.5, 0.6) is 0 Å². The zero-order valence-corrected chi connectivity index (χ0v) is 14.9. The maximum Gasteiger partial charge on any atom is 0.241 e. The summed E-state index contributed by atoms with van der Waals surface area (Å²) in [6, 6.07) is 13.0. The van der Waals surface area contributed by atoms with E-state index in [0.29, 0.717) is 6.07 Å². The molecule has 0 spiro atoms. The van der Waals surface area contributed by atoms with Crippen LogP contribution in [0.4, 0.5) is 8.78 Å². The van der Waals surface area contributed by atoms with Gasteiger partial charge in [-0.1, -0.05) is 35.9 Å². The number of rotatable bonds is 5. The fraction of sp³-hybridized carbons (Fsp3) is 0.111. The first-order valence-electron chi connectivity index (χ1n) is 7.44. The predicted octanol–water partition coefficient (Wildman–Crippen LogP) is 4.40. The molecule has 0 radical (unpaired) electrons. The van der Waals surface area contributed by atoms with E-state index < -0.39 is 27.7 Å². The SMILES string of the molecule is Cc1ccc([C@H](NS(=O)(=O)c2ccc(F)c(F)c2)c2cccs2)cc1. The van der Waals surface area contributed by atoms with Gasteiger partial charge in [-0.2, -0.15) is 4.72 Å². The molecule has 0 saturated heterocycles. The highest BCUT2D eigenvalue weighted by Crippen LogP contribution is 2.28. The summed E-state index contributed by atoms with van der Waals surface area (Å²) in [5.41, 5.74) is 1.82. The van der Waals surface area contributed by atoms with Crippen molar-refractivity contribution >= 4 is 21.4 Å². The average Bonchev–Trinajstić information content (AvgIpc) is 3.10. The Morgan fingerprint density at radius 1 is 1.00 bits per heavy atom. The molecule has 7 heteroatoms. The van der Waals surface area contributed by atoms with Crippen molar-refractivity contribution in [2.24, 2.45) is 0 Å². The van der Waals surface area contributed by atoms with E-state index in [1.165, 1.54) is 11.3 Å². The lowest BCUT2D eigenvalue weighted by molar-refractivity contribution is 0.504. The smallest absolute Gasteiger partial charge is 0.207 e. The fourth-order valence-corrected chi connectivity index (χ4v) is 4.46. The fourth-order valence-electron chi connectivity index (χ4n) is 2.37. The van der Waals surface area contributed by atoms with E-state index in [4.69, 9.17) is 0 Å². The minimum atomic E-state index is -4.03. The summed E-state index contributed by atoms with van der Waals surface area (Å²) in [7, 11) is -4.03. The Morgan fingerprint density at radius 2 is 1.72 bits per heavy atom. The average molecular weight is 379 g/mol. The monoisotopic (exact) mass is 379 g/mol. The number of sulfonamides is 1. The lowest BCUT2D eigenvalue weighted by atomic mass is 10.0. The van der Waals surface area contributed by atoms with Gasteiger partial charge in [-0.15, -0.1) is 11.3 Å². The van der Waals surface area contributed by atoms with Crippen LogP contribution in [0, 0.1) is 18.6 Å². The van der Waals surface area contributed by atoms with Gasteiger partial charge in [-0.3, -0.25) is 0 Å². The molecule has 0 aliphatic heterocycles. The summed E-state index contributed by atoms with van der Waals surface area (Å²) < 4.78 is 54.4. The van der Waals surface area contributed by atoms with Crippen molar-refractivity contribution in [3.8, 4) is 0 Å². The van der Waals surface area contributed by atoms with Gasteiger partial charge in [-0.05, 0) is 42.1 Å². The van der Waals surface area contributed by atoms with Gasteiger partial charge in [0.05, 0.1) is 10.9 Å². The Morgan fingerprint density at radius 3 is 2.32 bits per heavy atom. The predicted molar refractivity (Wildman–Crippen MR) is 94.0 cm³/mol. The molecule has 3 nitrogen and oxygen atoms in total. The third-order valence-electron chi connectivity index (χ3n) is 3.71. The van der Waals surface area contributed by atoms with Crippen LogP contribution in [-0.4, -0.2) is 8.42 Å². The first-order valence-corrected chi connectivity index (χ1v) is 9.80. The van der Waals surface area contributed by atoms with Crippen LogP contribution in [0.3, 0.4) is 0 Å². The van der Waals surface area contributed by atoms with E-state index in [0.717, 1.165) is 28.1 Å². The number of thiophene rings is 1. The van der Waals surface area contributed by atoms with Gasteiger partial charge in [0.25, 0.3) is 0 Å². The Kier molecular flexibility index (Phi) is 4.99. The van der Waals surface area contributed by atoms with Crippen LogP contribution in [0.2, 0.25) is 0 Å². The van der Waals surface area contributed by atoms with Crippen molar-refractivity contribution in [3.63, 3.8) is 0 Å². The summed E-state index contributed by atoms with van der Waals surface area (Å²) >= 11 is 1.41. The lowest BCUT2D eigenvalue weighted by Gasteiger charge is -2.18. The Balaban J connectivity index is 1.99. The van der Waals surface area contributed by atoms with E-state index >= 15 is 0 Å². The van der Waals surface area contributed by atoms with E-state index in [9.17, 15) is 17.2 Å². The van der Waals surface area contributed by atoms with Crippen molar-refractivity contribution in [2.45, 2.75) is 17.9 Å². The zero-order valence-electron chi connectivity index (χ0n) is 13.2. The maximum absolute atomic E-state index is 13.4. The quantitative estimate of drug-likeness (QED) is 0.714. The second-order valence-electron chi connectivity index (χ2n) is 5.56. The molecular formula is C18H15F2NO2S2. The lowest BCUT2D eigenvalue weighted by Crippen LogP contribution is -2.29. The number of benzene rings is 2. The van der Waals surface area contributed by atoms with E-state index in [2.05, 4.69) is 4.72 Å². The number of aryl methyl sites for hydroxylation is 1. The van der Waals surface area contributed by atoms with E-state index in [-0.39, 0.29) is 4.90 Å². The molecule has 25 heavy (non-hydrogen) atoms. The van der Waals surface area contributed by atoms with Crippen molar-refractivity contribution in [1.82, 2.24) is 4.72 Å². The summed E-state index contributed by atoms with van der Waals surface area (Å²) in [4.78, 5) is 0.482. The zero-order chi connectivity index (χ0) is 18.0. The molecule has 1 N–H and O–H groups in total. The van der Waals surface area contributed by atoms with E-state index in [1.54, 1.807) is 0 Å². The molecule has 1 atom stereocenters. The van der Waals surface area contributed by atoms with Gasteiger partial charge in [0.2, 0.25) is 10.0 Å². The van der Waals surface area contributed by atoms with Crippen molar-refractivity contribution < 1.29 is 17.2 Å². The number of hydrogen-bond acceptors (Lipinski definition) is 3. The molecule has 0 unspecified atom stereocenters. The Bertz CT molecular complexity index is 969. The highest BCUT2D eigenvalue weighted by atomic mass is 32.2. The maximum atomic E-state index is 13.4. The highest BCUT2D eigenvalue weighted by molar-refractivity contribution is 7.89. The minimum Gasteiger partial charge on any atom is -0.207 e. The molecule has 0 amide bonds. The highest BCUT2D eigenvalue weighted by Gasteiger charge is 2.24. The van der Waals surface area contributed by atoms with Crippen LogP contribution in [0.15, 0.2) is 64.9 Å². The summed E-state index contributed by atoms with van der Waals surface area (Å²) in [5, 5.41) is 1.85. The summed E-state index contributed by atoms with van der Waals surface area (Å²) in [5.74, 6) is -2.29. The molecule has 0 saturated carbocycles. The van der Waals surface area contributed by atoms with Gasteiger partial charge < -0.3 is 0 Å². The molecule has 0 aliphatic carbocycles. The van der Waals surface area contributed by atoms with Gasteiger partial charge >= 0.3 is 0 Å². The Labute approximate surface area is 149 Å². The topological polar surface area (TPSA) is 46.2 Å². The van der Waals surface area contributed by atoms with Gasteiger partial charge in [-0.25, -0.2) is 17.2 Å². The third-order valence-corrected chi connectivity index (χ3v) is 6.07. The second kappa shape index (κ2) is 7.03. The molecule has 0 fully saturated rings. The molecule has 3 rings (SSSR count). The first-order chi connectivity index (χ1) is 11.9. The van der Waals surface area contributed by atoms with Crippen LogP contribution in [-0.2, 0) is 10.0 Å². The molecule has 2 aromatic carbocycles. The van der Waals surface area contributed by atoms with Gasteiger partial charge in [0.1, 0.15) is 0 Å².